The van der Waals surface area contributed by atoms with Crippen molar-refractivity contribution < 1.29 is 28.6 Å². The van der Waals surface area contributed by atoms with Crippen LogP contribution < -0.4 is 14.8 Å². The number of likely N-dealkylation sites (N-methyl/N-ethyl adjacent to an activating group) is 1. The molecule has 0 saturated carbocycles. The summed E-state index contributed by atoms with van der Waals surface area (Å²) in [5, 5.41) is 2.79. The molecule has 8 nitrogen and oxygen atoms in total. The Kier molecular flexibility index (Phi) is 8.22. The molecule has 0 aliphatic carbocycles. The lowest BCUT2D eigenvalue weighted by molar-refractivity contribution is -0.136. The number of carbonyl (C=O) groups excluding carboxylic acids is 3. The minimum atomic E-state index is -0.728. The molecule has 0 radical (unpaired) electrons. The summed E-state index contributed by atoms with van der Waals surface area (Å²) < 4.78 is 15.3. The van der Waals surface area contributed by atoms with E-state index in [0.29, 0.717) is 17.2 Å². The smallest absolute Gasteiger partial charge is 0.342 e. The molecule has 2 aromatic rings. The van der Waals surface area contributed by atoms with E-state index in [0.717, 1.165) is 12.0 Å². The number of amides is 2. The normalized spacial score (nSPS) is 10.1. The fourth-order valence-electron chi connectivity index (χ4n) is 2.73. The van der Waals surface area contributed by atoms with Gasteiger partial charge in [-0.15, -0.1) is 0 Å². The van der Waals surface area contributed by atoms with E-state index in [9.17, 15) is 14.4 Å². The van der Waals surface area contributed by atoms with Crippen LogP contribution in [0, 0.1) is 0 Å². The number of hydrogen-bond donors (Lipinski definition) is 1. The molecule has 0 aromatic heterocycles. The molecule has 0 aliphatic heterocycles. The molecular weight excluding hydrogens is 388 g/mol. The number of benzene rings is 2. The first-order valence-electron chi connectivity index (χ1n) is 9.40. The fourth-order valence-corrected chi connectivity index (χ4v) is 2.73. The lowest BCUT2D eigenvalue weighted by atomic mass is 10.1. The minimum absolute atomic E-state index is 0.140. The Morgan fingerprint density at radius 2 is 1.77 bits per heavy atom. The molecule has 0 unspecified atom stereocenters. The topological polar surface area (TPSA) is 94.2 Å². The van der Waals surface area contributed by atoms with Crippen molar-refractivity contribution in [1.82, 2.24) is 4.90 Å². The summed E-state index contributed by atoms with van der Waals surface area (Å²) in [7, 11) is 4.36. The molecule has 0 saturated heterocycles. The van der Waals surface area contributed by atoms with Crippen molar-refractivity contribution in [3.05, 3.63) is 53.6 Å². The van der Waals surface area contributed by atoms with Gasteiger partial charge in [-0.25, -0.2) is 4.79 Å². The summed E-state index contributed by atoms with van der Waals surface area (Å²) in [6, 6.07) is 12.1. The van der Waals surface area contributed by atoms with Gasteiger partial charge in [-0.1, -0.05) is 25.1 Å². The Morgan fingerprint density at radius 3 is 2.43 bits per heavy atom. The Bertz CT molecular complexity index is 912. The van der Waals surface area contributed by atoms with Crippen LogP contribution in [0.15, 0.2) is 42.5 Å². The number of carbonyl (C=O) groups is 3. The molecular formula is C22H26N2O6. The summed E-state index contributed by atoms with van der Waals surface area (Å²) in [6.07, 6.45) is 0.773. The third-order valence-corrected chi connectivity index (χ3v) is 4.43. The van der Waals surface area contributed by atoms with Gasteiger partial charge in [0.25, 0.3) is 5.91 Å². The van der Waals surface area contributed by atoms with E-state index in [4.69, 9.17) is 14.2 Å². The predicted octanol–water partition coefficient (Wildman–Crippen LogP) is 2.52. The third kappa shape index (κ3) is 5.97. The molecule has 0 bridgehead atoms. The largest absolute Gasteiger partial charge is 0.497 e. The van der Waals surface area contributed by atoms with Crippen LogP contribution in [0.2, 0.25) is 0 Å². The zero-order chi connectivity index (χ0) is 22.1. The molecule has 0 atom stereocenters. The molecule has 2 rings (SSSR count). The maximum absolute atomic E-state index is 12.3. The van der Waals surface area contributed by atoms with Gasteiger partial charge in [0.15, 0.2) is 6.61 Å². The van der Waals surface area contributed by atoms with Crippen LogP contribution in [0.3, 0.4) is 0 Å². The number of aryl methyl sites for hydroxylation is 1. The van der Waals surface area contributed by atoms with Gasteiger partial charge in [-0.05, 0) is 36.2 Å². The number of anilines is 1. The molecule has 0 aliphatic rings. The molecule has 0 fully saturated rings. The maximum atomic E-state index is 12.3. The van der Waals surface area contributed by atoms with E-state index in [1.165, 1.54) is 32.2 Å². The van der Waals surface area contributed by atoms with Crippen molar-refractivity contribution in [2.24, 2.45) is 0 Å². The molecule has 160 valence electrons. The number of nitrogens with one attached hydrogen (secondary N) is 1. The summed E-state index contributed by atoms with van der Waals surface area (Å²) in [5.41, 5.74) is 1.85. The van der Waals surface area contributed by atoms with Gasteiger partial charge < -0.3 is 24.4 Å². The van der Waals surface area contributed by atoms with Crippen LogP contribution in [0.25, 0.3) is 0 Å². The van der Waals surface area contributed by atoms with Crippen molar-refractivity contribution in [2.45, 2.75) is 13.3 Å². The van der Waals surface area contributed by atoms with Crippen molar-refractivity contribution in [3.8, 4) is 11.5 Å². The summed E-state index contributed by atoms with van der Waals surface area (Å²) >= 11 is 0. The SMILES string of the molecule is CCc1ccccc1NC(=O)CN(C)C(=O)COC(=O)c1cc(OC)ccc1OC. The van der Waals surface area contributed by atoms with Crippen molar-refractivity contribution in [2.75, 3.05) is 39.7 Å². The fraction of sp³-hybridized carbons (Fsp3) is 0.318. The second-order valence-corrected chi connectivity index (χ2v) is 6.45. The maximum Gasteiger partial charge on any atom is 0.342 e. The van der Waals surface area contributed by atoms with Crippen molar-refractivity contribution in [3.63, 3.8) is 0 Å². The highest BCUT2D eigenvalue weighted by atomic mass is 16.5. The molecule has 30 heavy (non-hydrogen) atoms. The number of nitrogens with zero attached hydrogens (tertiary/aromatic N) is 1. The van der Waals surface area contributed by atoms with Crippen molar-refractivity contribution >= 4 is 23.5 Å². The van der Waals surface area contributed by atoms with E-state index in [1.54, 1.807) is 12.1 Å². The van der Waals surface area contributed by atoms with Gasteiger partial charge in [0.05, 0.1) is 20.8 Å². The van der Waals surface area contributed by atoms with Crippen LogP contribution in [0.1, 0.15) is 22.8 Å². The standard InChI is InChI=1S/C22H26N2O6/c1-5-15-8-6-7-9-18(15)23-20(25)13-24(2)21(26)14-30-22(27)17-12-16(28-3)10-11-19(17)29-4/h6-12H,5,13-14H2,1-4H3,(H,23,25). The molecule has 1 N–H and O–H groups in total. The van der Waals surface area contributed by atoms with Crippen molar-refractivity contribution in [1.29, 1.82) is 0 Å². The minimum Gasteiger partial charge on any atom is -0.497 e. The second-order valence-electron chi connectivity index (χ2n) is 6.45. The highest BCUT2D eigenvalue weighted by Crippen LogP contribution is 2.24. The lowest BCUT2D eigenvalue weighted by Gasteiger charge is -2.18. The predicted molar refractivity (Wildman–Crippen MR) is 112 cm³/mol. The molecule has 2 aromatic carbocycles. The highest BCUT2D eigenvalue weighted by molar-refractivity contribution is 5.96. The van der Waals surface area contributed by atoms with E-state index in [-0.39, 0.29) is 18.0 Å². The van der Waals surface area contributed by atoms with Gasteiger partial charge in [-0.2, -0.15) is 0 Å². The van der Waals surface area contributed by atoms with E-state index < -0.39 is 18.5 Å². The number of hydrogen-bond acceptors (Lipinski definition) is 6. The Balaban J connectivity index is 1.91. The monoisotopic (exact) mass is 414 g/mol. The first-order chi connectivity index (χ1) is 14.4. The first-order valence-corrected chi connectivity index (χ1v) is 9.40. The summed E-state index contributed by atoms with van der Waals surface area (Å²) in [5.74, 6) is -0.823. The van der Waals surface area contributed by atoms with Crippen LogP contribution >= 0.6 is 0 Å². The van der Waals surface area contributed by atoms with Crippen LogP contribution in [-0.4, -0.2) is 57.1 Å². The van der Waals surface area contributed by atoms with Gasteiger partial charge in [0.1, 0.15) is 17.1 Å². The average Bonchev–Trinajstić information content (AvgIpc) is 2.76. The second kappa shape index (κ2) is 10.8. The highest BCUT2D eigenvalue weighted by Gasteiger charge is 2.19. The van der Waals surface area contributed by atoms with E-state index in [2.05, 4.69) is 5.32 Å². The Labute approximate surface area is 175 Å². The zero-order valence-corrected chi connectivity index (χ0v) is 17.6. The summed E-state index contributed by atoms with van der Waals surface area (Å²) in [6.45, 7) is 1.32. The molecule has 8 heteroatoms. The third-order valence-electron chi connectivity index (χ3n) is 4.43. The van der Waals surface area contributed by atoms with E-state index >= 15 is 0 Å². The first kappa shape index (κ1) is 22.7. The van der Waals surface area contributed by atoms with Gasteiger partial charge in [0.2, 0.25) is 5.91 Å². The summed E-state index contributed by atoms with van der Waals surface area (Å²) in [4.78, 5) is 38.1. The molecule has 2 amide bonds. The number of methoxy groups -OCH3 is 2. The quantitative estimate of drug-likeness (QED) is 0.634. The van der Waals surface area contributed by atoms with Crippen LogP contribution in [-0.2, 0) is 20.7 Å². The number of esters is 1. The lowest BCUT2D eigenvalue weighted by Crippen LogP contribution is -2.37. The number of rotatable bonds is 9. The Hall–Kier alpha value is -3.55. The number of para-hydroxylation sites is 1. The van der Waals surface area contributed by atoms with Gasteiger partial charge >= 0.3 is 5.97 Å². The molecule has 0 spiro atoms. The Morgan fingerprint density at radius 1 is 1.03 bits per heavy atom. The van der Waals surface area contributed by atoms with Gasteiger partial charge in [0, 0.05) is 12.7 Å². The number of ether oxygens (including phenoxy) is 3. The average molecular weight is 414 g/mol. The van der Waals surface area contributed by atoms with Gasteiger partial charge in [-0.3, -0.25) is 9.59 Å². The van der Waals surface area contributed by atoms with E-state index in [1.807, 2.05) is 31.2 Å². The zero-order valence-electron chi connectivity index (χ0n) is 17.6. The van der Waals surface area contributed by atoms with Crippen LogP contribution in [0.4, 0.5) is 5.69 Å². The molecule has 0 heterocycles. The van der Waals surface area contributed by atoms with Crippen LogP contribution in [0.5, 0.6) is 11.5 Å².